The van der Waals surface area contributed by atoms with Crippen LogP contribution in [0.1, 0.15) is 43.9 Å². The van der Waals surface area contributed by atoms with Gasteiger partial charge in [0, 0.05) is 18.7 Å². The highest BCUT2D eigenvalue weighted by atomic mass is 79.9. The average Bonchev–Trinajstić information content (AvgIpc) is 2.60. The first-order valence-corrected chi connectivity index (χ1v) is 9.34. The van der Waals surface area contributed by atoms with Gasteiger partial charge in [0.05, 0.1) is 17.3 Å². The van der Waals surface area contributed by atoms with E-state index in [1.54, 1.807) is 7.11 Å². The molecule has 1 aromatic carbocycles. The van der Waals surface area contributed by atoms with E-state index >= 15 is 0 Å². The van der Waals surface area contributed by atoms with E-state index in [4.69, 9.17) is 9.72 Å². The second kappa shape index (κ2) is 7.97. The van der Waals surface area contributed by atoms with E-state index in [0.29, 0.717) is 6.04 Å². The zero-order valence-corrected chi connectivity index (χ0v) is 15.8. The van der Waals surface area contributed by atoms with Crippen molar-refractivity contribution in [1.82, 2.24) is 9.97 Å². The number of rotatable bonds is 5. The summed E-state index contributed by atoms with van der Waals surface area (Å²) in [6.07, 6.45) is 7.56. The third-order valence-electron chi connectivity index (χ3n) is 4.67. The van der Waals surface area contributed by atoms with E-state index in [9.17, 15) is 0 Å². The summed E-state index contributed by atoms with van der Waals surface area (Å²) in [5.41, 5.74) is 2.16. The first kappa shape index (κ1) is 17.2. The molecule has 0 unspecified atom stereocenters. The molecule has 0 amide bonds. The summed E-state index contributed by atoms with van der Waals surface area (Å²) in [4.78, 5) is 9.16. The van der Waals surface area contributed by atoms with Gasteiger partial charge in [0.1, 0.15) is 5.75 Å². The van der Waals surface area contributed by atoms with Crippen molar-refractivity contribution in [2.45, 2.75) is 45.1 Å². The molecule has 24 heavy (non-hydrogen) atoms. The van der Waals surface area contributed by atoms with Crippen LogP contribution in [0.5, 0.6) is 5.75 Å². The van der Waals surface area contributed by atoms with Crippen LogP contribution in [0.2, 0.25) is 0 Å². The summed E-state index contributed by atoms with van der Waals surface area (Å²) in [6, 6.07) is 8.59. The average molecular weight is 390 g/mol. The molecule has 0 spiro atoms. The van der Waals surface area contributed by atoms with Gasteiger partial charge in [-0.05, 0) is 65.2 Å². The van der Waals surface area contributed by atoms with Crippen LogP contribution >= 0.6 is 15.9 Å². The van der Waals surface area contributed by atoms with Crippen molar-refractivity contribution >= 4 is 21.9 Å². The van der Waals surface area contributed by atoms with E-state index in [2.05, 4.69) is 39.2 Å². The number of anilines is 1. The van der Waals surface area contributed by atoms with Crippen LogP contribution in [0.25, 0.3) is 0 Å². The molecule has 1 heterocycles. The van der Waals surface area contributed by atoms with Gasteiger partial charge in [0.25, 0.3) is 0 Å². The maximum Gasteiger partial charge on any atom is 0.223 e. The number of hydrogen-bond acceptors (Lipinski definition) is 4. The number of nitrogens with zero attached hydrogens (tertiary/aromatic N) is 2. The molecule has 0 atom stereocenters. The van der Waals surface area contributed by atoms with E-state index in [1.165, 1.54) is 31.2 Å². The molecule has 128 valence electrons. The van der Waals surface area contributed by atoms with Gasteiger partial charge in [-0.25, -0.2) is 9.97 Å². The van der Waals surface area contributed by atoms with Gasteiger partial charge in [0.15, 0.2) is 0 Å². The zero-order chi connectivity index (χ0) is 16.9. The smallest absolute Gasteiger partial charge is 0.223 e. The molecule has 2 aromatic rings. The molecule has 1 aliphatic carbocycles. The third-order valence-corrected chi connectivity index (χ3v) is 5.33. The Hall–Kier alpha value is -1.62. The predicted octanol–water partition coefficient (Wildman–Crippen LogP) is 4.83. The number of benzene rings is 1. The Morgan fingerprint density at radius 3 is 2.79 bits per heavy atom. The van der Waals surface area contributed by atoms with Gasteiger partial charge in [0.2, 0.25) is 5.95 Å². The number of nitrogens with one attached hydrogen (secondary N) is 1. The second-order valence-corrected chi connectivity index (χ2v) is 7.47. The fourth-order valence-corrected chi connectivity index (χ4v) is 3.49. The highest BCUT2D eigenvalue weighted by Gasteiger charge is 2.19. The number of methoxy groups -OCH3 is 1. The van der Waals surface area contributed by atoms with Gasteiger partial charge in [-0.3, -0.25) is 0 Å². The lowest BCUT2D eigenvalue weighted by atomic mass is 9.87. The summed E-state index contributed by atoms with van der Waals surface area (Å²) in [5, 5.41) is 3.51. The lowest BCUT2D eigenvalue weighted by Crippen LogP contribution is -2.26. The van der Waals surface area contributed by atoms with Crippen molar-refractivity contribution < 1.29 is 4.74 Å². The molecule has 5 heteroatoms. The van der Waals surface area contributed by atoms with Gasteiger partial charge in [-0.15, -0.1) is 0 Å². The Kier molecular flexibility index (Phi) is 5.72. The normalized spacial score (nSPS) is 20.6. The van der Waals surface area contributed by atoms with Crippen molar-refractivity contribution in [2.24, 2.45) is 5.92 Å². The topological polar surface area (TPSA) is 47.0 Å². The Morgan fingerprint density at radius 2 is 2.04 bits per heavy atom. The zero-order valence-electron chi connectivity index (χ0n) is 14.3. The van der Waals surface area contributed by atoms with E-state index in [0.717, 1.165) is 34.2 Å². The highest BCUT2D eigenvalue weighted by molar-refractivity contribution is 9.10. The van der Waals surface area contributed by atoms with E-state index in [-0.39, 0.29) is 0 Å². The van der Waals surface area contributed by atoms with Crippen molar-refractivity contribution in [3.8, 4) is 5.75 Å². The quantitative estimate of drug-likeness (QED) is 0.795. The minimum absolute atomic E-state index is 0.493. The SMILES string of the molecule is COc1cccc(Cc2nc(NC3CCC(C)CC3)ncc2Br)c1. The molecule has 0 saturated heterocycles. The van der Waals surface area contributed by atoms with Crippen LogP contribution in [-0.2, 0) is 6.42 Å². The summed E-state index contributed by atoms with van der Waals surface area (Å²) >= 11 is 3.57. The number of aromatic nitrogens is 2. The highest BCUT2D eigenvalue weighted by Crippen LogP contribution is 2.26. The molecular formula is C19H24BrN3O. The molecule has 1 aromatic heterocycles. The molecule has 1 saturated carbocycles. The largest absolute Gasteiger partial charge is 0.497 e. The summed E-state index contributed by atoms with van der Waals surface area (Å²) in [7, 11) is 1.69. The van der Waals surface area contributed by atoms with Gasteiger partial charge in [-0.1, -0.05) is 19.1 Å². The van der Waals surface area contributed by atoms with Crippen molar-refractivity contribution in [3.63, 3.8) is 0 Å². The lowest BCUT2D eigenvalue weighted by Gasteiger charge is -2.27. The maximum absolute atomic E-state index is 5.30. The van der Waals surface area contributed by atoms with Crippen LogP contribution in [0, 0.1) is 5.92 Å². The molecular weight excluding hydrogens is 366 g/mol. The summed E-state index contributed by atoms with van der Waals surface area (Å²) < 4.78 is 6.24. The molecule has 0 bridgehead atoms. The van der Waals surface area contributed by atoms with Crippen molar-refractivity contribution in [3.05, 3.63) is 46.2 Å². The monoisotopic (exact) mass is 389 g/mol. The second-order valence-electron chi connectivity index (χ2n) is 6.62. The van der Waals surface area contributed by atoms with Gasteiger partial charge >= 0.3 is 0 Å². The third kappa shape index (κ3) is 4.47. The lowest BCUT2D eigenvalue weighted by molar-refractivity contribution is 0.360. The first-order valence-electron chi connectivity index (χ1n) is 8.55. The maximum atomic E-state index is 5.30. The fraction of sp³-hybridized carbons (Fsp3) is 0.474. The van der Waals surface area contributed by atoms with Gasteiger partial charge in [-0.2, -0.15) is 0 Å². The molecule has 4 nitrogen and oxygen atoms in total. The molecule has 1 fully saturated rings. The number of ether oxygens (including phenoxy) is 1. The molecule has 0 aliphatic heterocycles. The van der Waals surface area contributed by atoms with Crippen LogP contribution in [0.15, 0.2) is 34.9 Å². The van der Waals surface area contributed by atoms with Crippen LogP contribution in [0.4, 0.5) is 5.95 Å². The molecule has 3 rings (SSSR count). The minimum Gasteiger partial charge on any atom is -0.497 e. The van der Waals surface area contributed by atoms with Crippen molar-refractivity contribution in [1.29, 1.82) is 0 Å². The summed E-state index contributed by atoms with van der Waals surface area (Å²) in [6.45, 7) is 2.33. The Balaban J connectivity index is 1.71. The Morgan fingerprint density at radius 1 is 1.25 bits per heavy atom. The molecule has 1 N–H and O–H groups in total. The van der Waals surface area contributed by atoms with Gasteiger partial charge < -0.3 is 10.1 Å². The van der Waals surface area contributed by atoms with Crippen LogP contribution in [-0.4, -0.2) is 23.1 Å². The molecule has 1 aliphatic rings. The summed E-state index contributed by atoms with van der Waals surface area (Å²) in [5.74, 6) is 2.44. The number of halogens is 1. The van der Waals surface area contributed by atoms with E-state index in [1.807, 2.05) is 24.4 Å². The van der Waals surface area contributed by atoms with Crippen molar-refractivity contribution in [2.75, 3.05) is 12.4 Å². The van der Waals surface area contributed by atoms with E-state index < -0.39 is 0 Å². The Bertz CT molecular complexity index is 684. The standard InChI is InChI=1S/C19H24BrN3O/c1-13-6-8-15(9-7-13)22-19-21-12-17(20)18(23-19)11-14-4-3-5-16(10-14)24-2/h3-5,10,12-13,15H,6-9,11H2,1-2H3,(H,21,22,23). The van der Waals surface area contributed by atoms with Crippen LogP contribution < -0.4 is 10.1 Å². The van der Waals surface area contributed by atoms with Crippen LogP contribution in [0.3, 0.4) is 0 Å². The molecule has 0 radical (unpaired) electrons. The predicted molar refractivity (Wildman–Crippen MR) is 101 cm³/mol. The minimum atomic E-state index is 0.493. The first-order chi connectivity index (χ1) is 11.6. The Labute approximate surface area is 152 Å². The number of hydrogen-bond donors (Lipinski definition) is 1. The fourth-order valence-electron chi connectivity index (χ4n) is 3.16.